The van der Waals surface area contributed by atoms with Gasteiger partial charge in [-0.1, -0.05) is 29.8 Å². The van der Waals surface area contributed by atoms with Crippen molar-refractivity contribution in [1.29, 1.82) is 0 Å². The van der Waals surface area contributed by atoms with Gasteiger partial charge in [-0.05, 0) is 55.0 Å². The van der Waals surface area contributed by atoms with E-state index in [1.54, 1.807) is 30.3 Å². The first-order chi connectivity index (χ1) is 12.1. The minimum Gasteiger partial charge on any atom is -0.339 e. The first kappa shape index (κ1) is 16.7. The topological polar surface area (TPSA) is 78.9 Å². The number of amides is 2. The van der Waals surface area contributed by atoms with Gasteiger partial charge in [-0.25, -0.2) is 4.79 Å². The summed E-state index contributed by atoms with van der Waals surface area (Å²) in [5, 5.41) is 17.2. The number of anilines is 4. The third-order valence-electron chi connectivity index (χ3n) is 3.39. The lowest BCUT2D eigenvalue weighted by atomic mass is 10.2. The van der Waals surface area contributed by atoms with E-state index in [2.05, 4.69) is 26.1 Å². The summed E-state index contributed by atoms with van der Waals surface area (Å²) in [7, 11) is 0. The summed E-state index contributed by atoms with van der Waals surface area (Å²) in [5.41, 5.74) is 2.59. The van der Waals surface area contributed by atoms with Gasteiger partial charge in [0.25, 0.3) is 0 Å². The van der Waals surface area contributed by atoms with Crippen LogP contribution in [0.15, 0.2) is 60.7 Å². The third-order valence-corrected chi connectivity index (χ3v) is 3.62. The Hall–Kier alpha value is -3.12. The Labute approximate surface area is 150 Å². The Bertz CT molecular complexity index is 868. The number of para-hydroxylation sites is 1. The van der Waals surface area contributed by atoms with Crippen LogP contribution in [0.1, 0.15) is 5.56 Å². The summed E-state index contributed by atoms with van der Waals surface area (Å²) < 4.78 is 0. The Balaban J connectivity index is 1.61. The number of carbonyl (C=O) groups excluding carboxylic acids is 1. The molecule has 126 valence electrons. The molecule has 0 saturated carbocycles. The molecule has 25 heavy (non-hydrogen) atoms. The van der Waals surface area contributed by atoms with Crippen molar-refractivity contribution in [2.45, 2.75) is 6.92 Å². The maximum atomic E-state index is 11.9. The maximum absolute atomic E-state index is 11.9. The molecule has 0 aliphatic carbocycles. The van der Waals surface area contributed by atoms with Crippen LogP contribution in [-0.4, -0.2) is 16.2 Å². The number of benzene rings is 2. The summed E-state index contributed by atoms with van der Waals surface area (Å²) in [6.45, 7) is 1.95. The van der Waals surface area contributed by atoms with Gasteiger partial charge in [0.05, 0.1) is 0 Å². The number of hydrogen-bond acceptors (Lipinski definition) is 4. The van der Waals surface area contributed by atoms with Crippen molar-refractivity contribution < 1.29 is 4.79 Å². The zero-order valence-corrected chi connectivity index (χ0v) is 14.2. The zero-order chi connectivity index (χ0) is 17.6. The van der Waals surface area contributed by atoms with E-state index in [4.69, 9.17) is 11.6 Å². The van der Waals surface area contributed by atoms with Gasteiger partial charge in [0.2, 0.25) is 0 Å². The van der Waals surface area contributed by atoms with Crippen LogP contribution in [0.2, 0.25) is 5.02 Å². The van der Waals surface area contributed by atoms with E-state index in [1.165, 1.54) is 0 Å². The molecule has 0 aliphatic heterocycles. The monoisotopic (exact) mass is 353 g/mol. The second-order valence-electron chi connectivity index (χ2n) is 5.33. The molecule has 0 aliphatic rings. The summed E-state index contributed by atoms with van der Waals surface area (Å²) in [6, 6.07) is 17.7. The average molecular weight is 354 g/mol. The minimum absolute atomic E-state index is 0.354. The van der Waals surface area contributed by atoms with Crippen LogP contribution in [0.5, 0.6) is 0 Å². The highest BCUT2D eigenvalue weighted by Gasteiger charge is 2.05. The molecule has 0 radical (unpaired) electrons. The Morgan fingerprint density at radius 3 is 2.32 bits per heavy atom. The van der Waals surface area contributed by atoms with Crippen molar-refractivity contribution in [3.05, 3.63) is 71.2 Å². The molecule has 0 unspecified atom stereocenters. The fourth-order valence-electron chi connectivity index (χ4n) is 2.17. The predicted molar refractivity (Wildman–Crippen MR) is 101 cm³/mol. The Kier molecular flexibility index (Phi) is 5.11. The number of aryl methyl sites for hydroxylation is 1. The Morgan fingerprint density at radius 1 is 0.920 bits per heavy atom. The minimum atomic E-state index is -0.380. The summed E-state index contributed by atoms with van der Waals surface area (Å²) >= 11 is 5.95. The zero-order valence-electron chi connectivity index (χ0n) is 13.5. The lowest BCUT2D eigenvalue weighted by Gasteiger charge is -2.10. The molecule has 0 bridgehead atoms. The number of urea groups is 1. The number of nitrogens with zero attached hydrogens (tertiary/aromatic N) is 2. The van der Waals surface area contributed by atoms with E-state index in [9.17, 15) is 4.79 Å². The fourth-order valence-corrected chi connectivity index (χ4v) is 2.40. The molecule has 1 aromatic heterocycles. The number of rotatable bonds is 4. The molecular formula is C18H16ClN5O. The van der Waals surface area contributed by atoms with Gasteiger partial charge < -0.3 is 10.6 Å². The van der Waals surface area contributed by atoms with Gasteiger partial charge >= 0.3 is 6.03 Å². The van der Waals surface area contributed by atoms with E-state index in [1.807, 2.05) is 37.3 Å². The average Bonchev–Trinajstić information content (AvgIpc) is 2.60. The van der Waals surface area contributed by atoms with Gasteiger partial charge in [0.1, 0.15) is 0 Å². The highest BCUT2D eigenvalue weighted by Crippen LogP contribution is 2.22. The number of nitrogens with one attached hydrogen (secondary N) is 3. The second kappa shape index (κ2) is 7.63. The van der Waals surface area contributed by atoms with E-state index < -0.39 is 0 Å². The predicted octanol–water partition coefficient (Wildman–Crippen LogP) is 4.83. The smallest absolute Gasteiger partial charge is 0.324 e. The fraction of sp³-hybridized carbons (Fsp3) is 0.0556. The van der Waals surface area contributed by atoms with Gasteiger partial charge in [-0.3, -0.25) is 5.32 Å². The second-order valence-corrected chi connectivity index (χ2v) is 5.77. The van der Waals surface area contributed by atoms with Gasteiger partial charge in [-0.15, -0.1) is 10.2 Å². The lowest BCUT2D eigenvalue weighted by molar-refractivity contribution is 0.262. The molecule has 3 aromatic rings. The highest BCUT2D eigenvalue weighted by atomic mass is 35.5. The molecule has 3 N–H and O–H groups in total. The molecule has 2 aromatic carbocycles. The molecule has 2 amide bonds. The summed E-state index contributed by atoms with van der Waals surface area (Å²) in [4.78, 5) is 11.9. The first-order valence-electron chi connectivity index (χ1n) is 7.60. The number of halogens is 1. The van der Waals surface area contributed by atoms with Crippen LogP contribution in [0, 0.1) is 6.92 Å². The first-order valence-corrected chi connectivity index (χ1v) is 7.98. The lowest BCUT2D eigenvalue weighted by Crippen LogP contribution is -2.20. The van der Waals surface area contributed by atoms with E-state index in [0.717, 1.165) is 11.3 Å². The number of carbonyl (C=O) groups is 1. The van der Waals surface area contributed by atoms with Crippen LogP contribution in [0.25, 0.3) is 0 Å². The van der Waals surface area contributed by atoms with Crippen molar-refractivity contribution in [1.82, 2.24) is 10.2 Å². The molecular weight excluding hydrogens is 338 g/mol. The summed E-state index contributed by atoms with van der Waals surface area (Å²) in [6.07, 6.45) is 0. The highest BCUT2D eigenvalue weighted by molar-refractivity contribution is 6.30. The molecule has 0 fully saturated rings. The van der Waals surface area contributed by atoms with E-state index in [-0.39, 0.29) is 6.03 Å². The van der Waals surface area contributed by atoms with Gasteiger partial charge in [0, 0.05) is 16.4 Å². The molecule has 0 spiro atoms. The van der Waals surface area contributed by atoms with Crippen molar-refractivity contribution >= 4 is 40.6 Å². The van der Waals surface area contributed by atoms with Crippen LogP contribution in [0.4, 0.5) is 27.8 Å². The van der Waals surface area contributed by atoms with Gasteiger partial charge in [0.15, 0.2) is 11.6 Å². The van der Waals surface area contributed by atoms with Gasteiger partial charge in [-0.2, -0.15) is 0 Å². The largest absolute Gasteiger partial charge is 0.339 e. The maximum Gasteiger partial charge on any atom is 0.324 e. The number of aromatic nitrogens is 2. The van der Waals surface area contributed by atoms with Crippen LogP contribution >= 0.6 is 11.6 Å². The van der Waals surface area contributed by atoms with E-state index >= 15 is 0 Å². The van der Waals surface area contributed by atoms with Crippen molar-refractivity contribution in [2.24, 2.45) is 0 Å². The van der Waals surface area contributed by atoms with E-state index in [0.29, 0.717) is 22.3 Å². The van der Waals surface area contributed by atoms with Crippen molar-refractivity contribution in [2.75, 3.05) is 16.0 Å². The number of hydrogen-bond donors (Lipinski definition) is 3. The standard InChI is InChI=1S/C18H16ClN5O/c1-12-11-13(19)7-8-15(12)21-16-9-10-17(24-23-16)22-18(25)20-14-5-3-2-4-6-14/h2-11H,1H3,(H,21,23)(H2,20,22,24,25). The molecule has 0 saturated heterocycles. The quantitative estimate of drug-likeness (QED) is 0.628. The normalized spacial score (nSPS) is 10.2. The molecule has 0 atom stereocenters. The summed E-state index contributed by atoms with van der Waals surface area (Å²) in [5.74, 6) is 0.922. The molecule has 1 heterocycles. The van der Waals surface area contributed by atoms with Crippen molar-refractivity contribution in [3.8, 4) is 0 Å². The Morgan fingerprint density at radius 2 is 1.64 bits per heavy atom. The van der Waals surface area contributed by atoms with Crippen molar-refractivity contribution in [3.63, 3.8) is 0 Å². The molecule has 3 rings (SSSR count). The third kappa shape index (κ3) is 4.68. The van der Waals surface area contributed by atoms with Crippen LogP contribution < -0.4 is 16.0 Å². The van der Waals surface area contributed by atoms with Crippen LogP contribution in [0.3, 0.4) is 0 Å². The molecule has 7 heteroatoms. The molecule has 6 nitrogen and oxygen atoms in total. The SMILES string of the molecule is Cc1cc(Cl)ccc1Nc1ccc(NC(=O)Nc2ccccc2)nn1. The van der Waals surface area contributed by atoms with Crippen LogP contribution in [-0.2, 0) is 0 Å².